The van der Waals surface area contributed by atoms with E-state index in [4.69, 9.17) is 17.3 Å². The van der Waals surface area contributed by atoms with E-state index in [2.05, 4.69) is 9.97 Å². The zero-order valence-corrected chi connectivity index (χ0v) is 6.99. The lowest BCUT2D eigenvalue weighted by atomic mass is 10.4. The molecule has 4 nitrogen and oxygen atoms in total. The molecule has 0 unspecified atom stereocenters. The molecule has 0 aliphatic heterocycles. The van der Waals surface area contributed by atoms with Crippen LogP contribution in [0, 0.1) is 0 Å². The van der Waals surface area contributed by atoms with E-state index in [-0.39, 0.29) is 0 Å². The summed E-state index contributed by atoms with van der Waals surface area (Å²) in [4.78, 5) is 8.16. The van der Waals surface area contributed by atoms with Gasteiger partial charge in [0.1, 0.15) is 11.5 Å². The maximum Gasteiger partial charge on any atom is 0.162 e. The summed E-state index contributed by atoms with van der Waals surface area (Å²) in [6.07, 6.45) is 3.47. The predicted molar refractivity (Wildman–Crippen MR) is 45.9 cm³/mol. The Labute approximate surface area is 74.0 Å². The number of halogens is 1. The lowest BCUT2D eigenvalue weighted by Gasteiger charge is -1.94. The number of nitrogens with zero attached hydrogens (tertiary/aromatic N) is 3. The molecule has 0 atom stereocenters. The van der Waals surface area contributed by atoms with E-state index in [1.54, 1.807) is 23.0 Å². The molecule has 0 saturated carbocycles. The van der Waals surface area contributed by atoms with E-state index in [0.29, 0.717) is 11.7 Å². The highest BCUT2D eigenvalue weighted by molar-refractivity contribution is 6.29. The average molecular weight is 183 g/mol. The zero-order chi connectivity index (χ0) is 8.55. The quantitative estimate of drug-likeness (QED) is 0.665. The summed E-state index contributed by atoms with van der Waals surface area (Å²) in [5, 5.41) is 0.456. The fraction of sp³-hybridized carbons (Fsp3) is 0.143. The van der Waals surface area contributed by atoms with Crippen LogP contribution < -0.4 is 5.73 Å². The largest absolute Gasteiger partial charge is 0.325 e. The highest BCUT2D eigenvalue weighted by Crippen LogP contribution is 2.09. The van der Waals surface area contributed by atoms with Gasteiger partial charge in [0.15, 0.2) is 5.65 Å². The van der Waals surface area contributed by atoms with Gasteiger partial charge in [0.2, 0.25) is 0 Å². The van der Waals surface area contributed by atoms with Gasteiger partial charge in [-0.2, -0.15) is 0 Å². The molecule has 0 saturated heterocycles. The number of rotatable bonds is 1. The standard InChI is InChI=1S/C7H7ClN4/c8-6-1-2-12-4-10-5(3-9)7(12)11-6/h1-2,4H,3,9H2. The van der Waals surface area contributed by atoms with Gasteiger partial charge in [0.05, 0.1) is 5.69 Å². The van der Waals surface area contributed by atoms with E-state index < -0.39 is 0 Å². The van der Waals surface area contributed by atoms with Gasteiger partial charge in [-0.1, -0.05) is 11.6 Å². The van der Waals surface area contributed by atoms with Crippen molar-refractivity contribution in [3.8, 4) is 0 Å². The van der Waals surface area contributed by atoms with Crippen LogP contribution in [0.15, 0.2) is 18.6 Å². The Bertz CT molecular complexity index is 409. The van der Waals surface area contributed by atoms with Crippen molar-refractivity contribution in [2.45, 2.75) is 6.54 Å². The zero-order valence-electron chi connectivity index (χ0n) is 6.24. The van der Waals surface area contributed by atoms with Crippen molar-refractivity contribution in [3.05, 3.63) is 29.4 Å². The van der Waals surface area contributed by atoms with Crippen LogP contribution in [-0.2, 0) is 6.54 Å². The van der Waals surface area contributed by atoms with Crippen LogP contribution in [0.5, 0.6) is 0 Å². The lowest BCUT2D eigenvalue weighted by molar-refractivity contribution is 1.02. The molecule has 0 radical (unpaired) electrons. The minimum atomic E-state index is 0.379. The summed E-state index contributed by atoms with van der Waals surface area (Å²) >= 11 is 5.71. The minimum Gasteiger partial charge on any atom is -0.325 e. The van der Waals surface area contributed by atoms with Crippen LogP contribution in [0.4, 0.5) is 0 Å². The fourth-order valence-corrected chi connectivity index (χ4v) is 1.19. The number of aromatic nitrogens is 3. The molecule has 0 spiro atoms. The van der Waals surface area contributed by atoms with Gasteiger partial charge in [-0.3, -0.25) is 4.40 Å². The Balaban J connectivity index is 2.75. The van der Waals surface area contributed by atoms with E-state index in [9.17, 15) is 0 Å². The summed E-state index contributed by atoms with van der Waals surface area (Å²) in [5.74, 6) is 0. The topological polar surface area (TPSA) is 56.2 Å². The van der Waals surface area contributed by atoms with Crippen molar-refractivity contribution in [2.24, 2.45) is 5.73 Å². The Morgan fingerprint density at radius 2 is 2.42 bits per heavy atom. The predicted octanol–water partition coefficient (Wildman–Crippen LogP) is 0.841. The third-order valence-electron chi connectivity index (χ3n) is 1.62. The number of hydrogen-bond donors (Lipinski definition) is 1. The molecule has 2 rings (SSSR count). The van der Waals surface area contributed by atoms with Crippen LogP contribution in [0.2, 0.25) is 5.15 Å². The second-order valence-electron chi connectivity index (χ2n) is 2.38. The van der Waals surface area contributed by atoms with E-state index in [0.717, 1.165) is 11.3 Å². The number of imidazole rings is 1. The highest BCUT2D eigenvalue weighted by atomic mass is 35.5. The van der Waals surface area contributed by atoms with Gasteiger partial charge >= 0.3 is 0 Å². The molecule has 0 aliphatic carbocycles. The molecule has 0 aromatic carbocycles. The molecule has 2 aromatic rings. The summed E-state index contributed by atoms with van der Waals surface area (Å²) < 4.78 is 1.79. The van der Waals surface area contributed by atoms with E-state index in [1.165, 1.54) is 0 Å². The lowest BCUT2D eigenvalue weighted by Crippen LogP contribution is -1.98. The van der Waals surface area contributed by atoms with Gasteiger partial charge in [0, 0.05) is 12.7 Å². The van der Waals surface area contributed by atoms with Crippen LogP contribution in [0.1, 0.15) is 5.69 Å². The van der Waals surface area contributed by atoms with E-state index >= 15 is 0 Å². The van der Waals surface area contributed by atoms with Crippen LogP contribution >= 0.6 is 11.6 Å². The molecule has 12 heavy (non-hydrogen) atoms. The Kier molecular flexibility index (Phi) is 1.71. The van der Waals surface area contributed by atoms with Gasteiger partial charge in [-0.15, -0.1) is 0 Å². The van der Waals surface area contributed by atoms with Crippen LogP contribution in [0.3, 0.4) is 0 Å². The average Bonchev–Trinajstić information content (AvgIpc) is 2.46. The normalized spacial score (nSPS) is 10.8. The highest BCUT2D eigenvalue weighted by Gasteiger charge is 2.03. The molecular formula is C7H7ClN4. The molecular weight excluding hydrogens is 176 g/mol. The van der Waals surface area contributed by atoms with Gasteiger partial charge in [-0.25, -0.2) is 9.97 Å². The van der Waals surface area contributed by atoms with Crippen LogP contribution in [-0.4, -0.2) is 14.4 Å². The molecule has 5 heteroatoms. The molecule has 62 valence electrons. The smallest absolute Gasteiger partial charge is 0.162 e. The Morgan fingerprint density at radius 3 is 3.17 bits per heavy atom. The summed E-state index contributed by atoms with van der Waals surface area (Å²) in [6.45, 7) is 0.379. The van der Waals surface area contributed by atoms with Gasteiger partial charge in [-0.05, 0) is 6.07 Å². The van der Waals surface area contributed by atoms with Crippen molar-refractivity contribution in [1.29, 1.82) is 0 Å². The van der Waals surface area contributed by atoms with Crippen molar-refractivity contribution in [3.63, 3.8) is 0 Å². The van der Waals surface area contributed by atoms with Crippen molar-refractivity contribution < 1.29 is 0 Å². The Hall–Kier alpha value is -1.13. The first-order valence-electron chi connectivity index (χ1n) is 3.49. The second kappa shape index (κ2) is 2.73. The summed E-state index contributed by atoms with van der Waals surface area (Å²) in [7, 11) is 0. The van der Waals surface area contributed by atoms with Crippen molar-refractivity contribution >= 4 is 17.2 Å². The SMILES string of the molecule is NCc1ncn2ccc(Cl)nc12. The number of hydrogen-bond acceptors (Lipinski definition) is 3. The van der Waals surface area contributed by atoms with Crippen molar-refractivity contribution in [1.82, 2.24) is 14.4 Å². The van der Waals surface area contributed by atoms with Gasteiger partial charge < -0.3 is 5.73 Å². The monoisotopic (exact) mass is 182 g/mol. The Morgan fingerprint density at radius 1 is 1.58 bits per heavy atom. The van der Waals surface area contributed by atoms with Gasteiger partial charge in [0.25, 0.3) is 0 Å². The van der Waals surface area contributed by atoms with Crippen molar-refractivity contribution in [2.75, 3.05) is 0 Å². The molecule has 0 bridgehead atoms. The molecule has 2 heterocycles. The maximum atomic E-state index is 5.71. The fourth-order valence-electron chi connectivity index (χ4n) is 1.05. The first-order valence-corrected chi connectivity index (χ1v) is 3.87. The van der Waals surface area contributed by atoms with Crippen LogP contribution in [0.25, 0.3) is 5.65 Å². The number of fused-ring (bicyclic) bond motifs is 1. The maximum absolute atomic E-state index is 5.71. The first-order chi connectivity index (χ1) is 5.81. The second-order valence-corrected chi connectivity index (χ2v) is 2.76. The third-order valence-corrected chi connectivity index (χ3v) is 1.83. The minimum absolute atomic E-state index is 0.379. The number of nitrogens with two attached hydrogens (primary N) is 1. The summed E-state index contributed by atoms with van der Waals surface area (Å²) in [5.41, 5.74) is 6.94. The molecule has 0 fully saturated rings. The summed E-state index contributed by atoms with van der Waals surface area (Å²) in [6, 6.07) is 1.70. The first kappa shape index (κ1) is 7.52. The third kappa shape index (κ3) is 1.05. The molecule has 2 N–H and O–H groups in total. The van der Waals surface area contributed by atoms with E-state index in [1.807, 2.05) is 0 Å². The molecule has 2 aromatic heterocycles. The molecule has 0 amide bonds. The molecule has 0 aliphatic rings.